The van der Waals surface area contributed by atoms with Gasteiger partial charge in [-0.25, -0.2) is 0 Å². The smallest absolute Gasteiger partial charge is 0.0817 e. The van der Waals surface area contributed by atoms with Gasteiger partial charge in [-0.15, -0.1) is 0 Å². The summed E-state index contributed by atoms with van der Waals surface area (Å²) in [5.74, 6) is 0.830. The summed E-state index contributed by atoms with van der Waals surface area (Å²) in [5.41, 5.74) is 0.219. The van der Waals surface area contributed by atoms with Crippen molar-refractivity contribution in [1.29, 1.82) is 0 Å². The largest absolute Gasteiger partial charge is 0.373 e. The maximum atomic E-state index is 6.40. The number of hydrogen-bond acceptors (Lipinski definition) is 1. The van der Waals surface area contributed by atoms with Gasteiger partial charge in [-0.05, 0) is 18.8 Å². The van der Waals surface area contributed by atoms with Gasteiger partial charge in [-0.3, -0.25) is 0 Å². The monoisotopic (exact) mass is 304 g/mol. The summed E-state index contributed by atoms with van der Waals surface area (Å²) in [6.45, 7) is 5.57. The third kappa shape index (κ3) is 3.68. The van der Waals surface area contributed by atoms with E-state index < -0.39 is 0 Å². The van der Waals surface area contributed by atoms with Crippen LogP contribution in [0.5, 0.6) is 0 Å². The lowest BCUT2D eigenvalue weighted by molar-refractivity contribution is -0.669. The number of quaternary nitrogens is 1. The molecule has 2 rings (SSSR count). The molecule has 17 heavy (non-hydrogen) atoms. The summed E-state index contributed by atoms with van der Waals surface area (Å²) in [6.07, 6.45) is 9.60. The van der Waals surface area contributed by atoms with E-state index in [1.807, 2.05) is 0 Å². The molecule has 0 aromatic heterocycles. The van der Waals surface area contributed by atoms with E-state index in [1.54, 1.807) is 0 Å². The molecule has 1 aliphatic heterocycles. The highest BCUT2D eigenvalue weighted by atomic mass is 79.9. The van der Waals surface area contributed by atoms with E-state index in [-0.39, 0.29) is 5.60 Å². The van der Waals surface area contributed by atoms with Crippen molar-refractivity contribution in [2.24, 2.45) is 5.92 Å². The molecular formula is C14H27BrNO+. The molecule has 2 nitrogen and oxygen atoms in total. The molecule has 2 N–H and O–H groups in total. The van der Waals surface area contributed by atoms with E-state index in [0.717, 1.165) is 12.5 Å². The lowest BCUT2D eigenvalue weighted by Gasteiger charge is -2.44. The van der Waals surface area contributed by atoms with Crippen LogP contribution in [-0.4, -0.2) is 30.1 Å². The van der Waals surface area contributed by atoms with Gasteiger partial charge in [0.15, 0.2) is 0 Å². The molecule has 1 aliphatic carbocycles. The van der Waals surface area contributed by atoms with E-state index in [1.165, 1.54) is 58.0 Å². The topological polar surface area (TPSA) is 25.8 Å². The molecule has 0 bridgehead atoms. The minimum absolute atomic E-state index is 0.219. The summed E-state index contributed by atoms with van der Waals surface area (Å²) in [6, 6.07) is 0. The van der Waals surface area contributed by atoms with Crippen molar-refractivity contribution in [3.63, 3.8) is 0 Å². The van der Waals surface area contributed by atoms with Crippen LogP contribution in [0.2, 0.25) is 0 Å². The Bertz CT molecular complexity index is 220. The van der Waals surface area contributed by atoms with Gasteiger partial charge in [0.2, 0.25) is 0 Å². The van der Waals surface area contributed by atoms with E-state index in [4.69, 9.17) is 4.74 Å². The molecule has 1 saturated carbocycles. The standard InChI is InChI=1S/C14H26BrNO/c1-12(15)11-17-14(7-9-16-10-8-14)13-5-3-2-4-6-13/h12-13,16H,2-11H2,1H3/p+1. The van der Waals surface area contributed by atoms with Gasteiger partial charge in [-0.2, -0.15) is 0 Å². The van der Waals surface area contributed by atoms with Gasteiger partial charge in [0, 0.05) is 17.7 Å². The molecule has 1 unspecified atom stereocenters. The van der Waals surface area contributed by atoms with E-state index in [9.17, 15) is 0 Å². The van der Waals surface area contributed by atoms with Crippen molar-refractivity contribution in [2.75, 3.05) is 19.7 Å². The van der Waals surface area contributed by atoms with Crippen LogP contribution >= 0.6 is 15.9 Å². The Kier molecular flexibility index (Phi) is 5.31. The predicted molar refractivity (Wildman–Crippen MR) is 74.5 cm³/mol. The number of piperidine rings is 1. The second-order valence-corrected chi connectivity index (χ2v) is 7.42. The molecule has 0 radical (unpaired) electrons. The van der Waals surface area contributed by atoms with Crippen LogP contribution in [-0.2, 0) is 4.74 Å². The number of nitrogens with two attached hydrogens (primary N) is 1. The minimum atomic E-state index is 0.219. The average Bonchev–Trinajstić information content (AvgIpc) is 2.39. The molecular weight excluding hydrogens is 278 g/mol. The highest BCUT2D eigenvalue weighted by Gasteiger charge is 2.42. The highest BCUT2D eigenvalue weighted by molar-refractivity contribution is 9.09. The van der Waals surface area contributed by atoms with Gasteiger partial charge < -0.3 is 10.1 Å². The Morgan fingerprint density at radius 2 is 1.88 bits per heavy atom. The Labute approximate surface area is 114 Å². The molecule has 0 aromatic rings. The Balaban J connectivity index is 1.99. The highest BCUT2D eigenvalue weighted by Crippen LogP contribution is 2.40. The molecule has 3 heteroatoms. The first-order chi connectivity index (χ1) is 8.23. The third-order valence-electron chi connectivity index (χ3n) is 4.49. The summed E-state index contributed by atoms with van der Waals surface area (Å²) >= 11 is 3.62. The van der Waals surface area contributed by atoms with Crippen molar-refractivity contribution in [3.05, 3.63) is 0 Å². The Morgan fingerprint density at radius 1 is 1.24 bits per heavy atom. The number of hydrogen-bond donors (Lipinski definition) is 1. The van der Waals surface area contributed by atoms with E-state index in [2.05, 4.69) is 28.2 Å². The maximum Gasteiger partial charge on any atom is 0.0817 e. The fourth-order valence-corrected chi connectivity index (χ4v) is 3.67. The van der Waals surface area contributed by atoms with Gasteiger partial charge >= 0.3 is 0 Å². The molecule has 2 fully saturated rings. The van der Waals surface area contributed by atoms with Crippen molar-refractivity contribution < 1.29 is 10.1 Å². The first-order valence-electron chi connectivity index (χ1n) is 7.33. The van der Waals surface area contributed by atoms with Gasteiger partial charge in [0.25, 0.3) is 0 Å². The lowest BCUT2D eigenvalue weighted by Crippen LogP contribution is -2.88. The summed E-state index contributed by atoms with van der Waals surface area (Å²) in [7, 11) is 0. The van der Waals surface area contributed by atoms with Gasteiger partial charge in [-0.1, -0.05) is 42.1 Å². The molecule has 0 amide bonds. The molecule has 100 valence electrons. The molecule has 2 aliphatic rings. The van der Waals surface area contributed by atoms with Crippen LogP contribution in [0, 0.1) is 5.92 Å². The maximum absolute atomic E-state index is 6.40. The second-order valence-electron chi connectivity index (χ2n) is 5.86. The fraction of sp³-hybridized carbons (Fsp3) is 1.00. The number of halogens is 1. The van der Waals surface area contributed by atoms with Crippen molar-refractivity contribution in [3.8, 4) is 0 Å². The first kappa shape index (κ1) is 13.8. The molecule has 1 saturated heterocycles. The fourth-order valence-electron chi connectivity index (χ4n) is 3.54. The van der Waals surface area contributed by atoms with E-state index >= 15 is 0 Å². The van der Waals surface area contributed by atoms with Crippen LogP contribution < -0.4 is 5.32 Å². The lowest BCUT2D eigenvalue weighted by atomic mass is 9.72. The number of ether oxygens (including phenoxy) is 1. The normalized spacial score (nSPS) is 27.9. The number of alkyl halides is 1. The zero-order valence-electron chi connectivity index (χ0n) is 11.1. The van der Waals surface area contributed by atoms with Crippen molar-refractivity contribution in [2.45, 2.75) is 62.3 Å². The summed E-state index contributed by atoms with van der Waals surface area (Å²) in [4.78, 5) is 0.480. The van der Waals surface area contributed by atoms with Crippen molar-refractivity contribution in [1.82, 2.24) is 0 Å². The predicted octanol–water partition coefficient (Wildman–Crippen LogP) is 2.46. The number of rotatable bonds is 4. The minimum Gasteiger partial charge on any atom is -0.373 e. The Hall–Kier alpha value is 0.400. The van der Waals surface area contributed by atoms with Crippen LogP contribution in [0.4, 0.5) is 0 Å². The SMILES string of the molecule is CC(Br)COC1(C2CCCCC2)CC[NH2+]CC1. The summed E-state index contributed by atoms with van der Waals surface area (Å²) in [5, 5.41) is 2.45. The molecule has 1 heterocycles. The molecule has 0 spiro atoms. The quantitative estimate of drug-likeness (QED) is 0.793. The summed E-state index contributed by atoms with van der Waals surface area (Å²) < 4.78 is 6.40. The molecule has 0 aromatic carbocycles. The van der Waals surface area contributed by atoms with Crippen LogP contribution in [0.3, 0.4) is 0 Å². The zero-order valence-corrected chi connectivity index (χ0v) is 12.7. The second kappa shape index (κ2) is 6.53. The van der Waals surface area contributed by atoms with Gasteiger partial charge in [0.05, 0.1) is 25.3 Å². The van der Waals surface area contributed by atoms with Crippen LogP contribution in [0.15, 0.2) is 0 Å². The van der Waals surface area contributed by atoms with Crippen molar-refractivity contribution >= 4 is 15.9 Å². The van der Waals surface area contributed by atoms with Crippen LogP contribution in [0.1, 0.15) is 51.9 Å². The average molecular weight is 305 g/mol. The third-order valence-corrected chi connectivity index (χ3v) is 4.76. The van der Waals surface area contributed by atoms with E-state index in [0.29, 0.717) is 4.83 Å². The molecule has 1 atom stereocenters. The van der Waals surface area contributed by atoms with Crippen LogP contribution in [0.25, 0.3) is 0 Å². The Morgan fingerprint density at radius 3 is 2.47 bits per heavy atom. The van der Waals surface area contributed by atoms with Gasteiger partial charge in [0.1, 0.15) is 0 Å². The zero-order chi connectivity index (χ0) is 12.1. The first-order valence-corrected chi connectivity index (χ1v) is 8.24.